The molecule has 0 radical (unpaired) electrons. The first-order chi connectivity index (χ1) is 18.1. The molecular weight excluding hydrogens is 510 g/mol. The highest BCUT2D eigenvalue weighted by Crippen LogP contribution is 2.31. The lowest BCUT2D eigenvalue weighted by Crippen LogP contribution is -2.41. The number of methoxy groups -OCH3 is 1. The zero-order chi connectivity index (χ0) is 28.3. The second-order valence-corrected chi connectivity index (χ2v) is 10.8. The van der Waals surface area contributed by atoms with Crippen molar-refractivity contribution in [2.75, 3.05) is 13.7 Å². The molecule has 1 unspecified atom stereocenters. The van der Waals surface area contributed by atoms with Crippen LogP contribution in [0.15, 0.2) is 27.9 Å². The highest BCUT2D eigenvalue weighted by Gasteiger charge is 2.27. The molecule has 2 N–H and O–H groups in total. The number of sulfonamides is 1. The van der Waals surface area contributed by atoms with Crippen molar-refractivity contribution < 1.29 is 27.5 Å². The summed E-state index contributed by atoms with van der Waals surface area (Å²) in [6.45, 7) is 7.63. The van der Waals surface area contributed by atoms with E-state index in [4.69, 9.17) is 9.47 Å². The molecule has 0 aliphatic carbocycles. The minimum Gasteiger partial charge on any atom is -0.493 e. The van der Waals surface area contributed by atoms with Crippen LogP contribution in [0.4, 0.5) is 0 Å². The van der Waals surface area contributed by atoms with Gasteiger partial charge < -0.3 is 19.3 Å². The number of carbonyl (C=O) groups excluding carboxylic acids is 2. The second kappa shape index (κ2) is 14.8. The number of nitrogens with zero attached hydrogens (tertiary/aromatic N) is 1. The molecule has 0 spiro atoms. The van der Waals surface area contributed by atoms with Crippen LogP contribution in [0.5, 0.6) is 5.75 Å². The summed E-state index contributed by atoms with van der Waals surface area (Å²) in [6.07, 6.45) is 4.34. The summed E-state index contributed by atoms with van der Waals surface area (Å²) < 4.78 is 39.8. The maximum Gasteiger partial charge on any atom is 0.323 e. The molecule has 1 aromatic carbocycles. The molecule has 0 amide bonds. The van der Waals surface area contributed by atoms with E-state index in [1.807, 2.05) is 20.8 Å². The summed E-state index contributed by atoms with van der Waals surface area (Å²) in [5, 5.41) is 0. The van der Waals surface area contributed by atoms with Gasteiger partial charge in [-0.25, -0.2) is 13.4 Å². The number of aromatic nitrogens is 2. The van der Waals surface area contributed by atoms with E-state index in [2.05, 4.69) is 14.7 Å². The first-order valence-corrected chi connectivity index (χ1v) is 14.5. The van der Waals surface area contributed by atoms with Crippen LogP contribution in [-0.2, 0) is 37.2 Å². The topological polar surface area (TPSA) is 145 Å². The highest BCUT2D eigenvalue weighted by molar-refractivity contribution is 7.89. The Labute approximate surface area is 224 Å². The number of nitrogens with one attached hydrogen (secondary N) is 2. The molecule has 0 aliphatic heterocycles. The Hall–Kier alpha value is -3.05. The fraction of sp³-hybridized carbons (Fsp3) is 0.556. The van der Waals surface area contributed by atoms with Gasteiger partial charge >= 0.3 is 5.97 Å². The van der Waals surface area contributed by atoms with Crippen molar-refractivity contribution in [2.45, 2.75) is 90.0 Å². The molecule has 38 heavy (non-hydrogen) atoms. The Bertz CT molecular complexity index is 1270. The fourth-order valence-electron chi connectivity index (χ4n) is 4.05. The van der Waals surface area contributed by atoms with Gasteiger partial charge in [-0.3, -0.25) is 9.59 Å². The maximum atomic E-state index is 13.3. The molecule has 2 aromatic rings. The van der Waals surface area contributed by atoms with Crippen LogP contribution < -0.4 is 15.0 Å². The summed E-state index contributed by atoms with van der Waals surface area (Å²) in [7, 11) is -2.96. The van der Waals surface area contributed by atoms with Crippen LogP contribution in [-0.4, -0.2) is 49.9 Å². The highest BCUT2D eigenvalue weighted by atomic mass is 32.2. The maximum absolute atomic E-state index is 13.3. The summed E-state index contributed by atoms with van der Waals surface area (Å²) in [5.41, 5.74) is 1.27. The molecule has 1 atom stereocenters. The summed E-state index contributed by atoms with van der Waals surface area (Å²) in [4.78, 5) is 43.5. The lowest BCUT2D eigenvalue weighted by molar-refractivity contribution is -0.142. The van der Waals surface area contributed by atoms with Crippen LogP contribution in [0.1, 0.15) is 77.5 Å². The predicted octanol–water partition coefficient (Wildman–Crippen LogP) is 3.71. The number of rotatable bonds is 16. The molecular formula is C27H39N3O7S. The number of H-pyrrole nitrogens is 1. The number of carbonyl (C=O) groups is 2. The third-order valence-electron chi connectivity index (χ3n) is 6.07. The molecule has 1 aromatic heterocycles. The van der Waals surface area contributed by atoms with Crippen molar-refractivity contribution >= 4 is 21.8 Å². The van der Waals surface area contributed by atoms with E-state index in [1.165, 1.54) is 32.2 Å². The minimum absolute atomic E-state index is 0.0867. The number of unbranched alkanes of at least 4 members (excludes halogenated alkanes) is 2. The number of aryl methyl sites for hydroxylation is 1. The lowest BCUT2D eigenvalue weighted by Gasteiger charge is -2.18. The van der Waals surface area contributed by atoms with Gasteiger partial charge in [0.15, 0.2) is 0 Å². The number of hydrogen-bond donors (Lipinski definition) is 2. The normalized spacial score (nSPS) is 12.2. The average Bonchev–Trinajstić information content (AvgIpc) is 2.89. The van der Waals surface area contributed by atoms with E-state index >= 15 is 0 Å². The van der Waals surface area contributed by atoms with Gasteiger partial charge in [0.25, 0.3) is 5.56 Å². The van der Waals surface area contributed by atoms with Gasteiger partial charge in [0.1, 0.15) is 23.4 Å². The van der Waals surface area contributed by atoms with Gasteiger partial charge in [-0.05, 0) is 57.2 Å². The molecule has 210 valence electrons. The monoisotopic (exact) mass is 549 g/mol. The van der Waals surface area contributed by atoms with Crippen LogP contribution in [0.3, 0.4) is 0 Å². The second-order valence-electron chi connectivity index (χ2n) is 9.05. The SMILES string of the molecule is CCCOc1ccc(S(=O)(=O)NC(CCCCCC(C)=O)C(=O)OC)cc1-c1nc(CC)c(CC)c(=O)[nH]1. The number of benzene rings is 1. The third kappa shape index (κ3) is 8.49. The molecule has 0 saturated heterocycles. The molecule has 0 saturated carbocycles. The molecule has 0 fully saturated rings. The summed E-state index contributed by atoms with van der Waals surface area (Å²) in [6, 6.07) is 3.21. The summed E-state index contributed by atoms with van der Waals surface area (Å²) >= 11 is 0. The van der Waals surface area contributed by atoms with E-state index in [1.54, 1.807) is 0 Å². The fourth-order valence-corrected chi connectivity index (χ4v) is 5.29. The quantitative estimate of drug-likeness (QED) is 0.238. The van der Waals surface area contributed by atoms with Crippen LogP contribution in [0.25, 0.3) is 11.4 Å². The van der Waals surface area contributed by atoms with Crippen molar-refractivity contribution in [1.82, 2.24) is 14.7 Å². The number of hydrogen-bond acceptors (Lipinski definition) is 8. The molecule has 0 bridgehead atoms. The Morgan fingerprint density at radius 3 is 2.45 bits per heavy atom. The van der Waals surface area contributed by atoms with Crippen molar-refractivity contribution in [3.05, 3.63) is 39.8 Å². The van der Waals surface area contributed by atoms with E-state index in [-0.39, 0.29) is 28.5 Å². The number of esters is 1. The van der Waals surface area contributed by atoms with Crippen molar-refractivity contribution in [3.63, 3.8) is 0 Å². The van der Waals surface area contributed by atoms with Gasteiger partial charge in [0.2, 0.25) is 10.0 Å². The van der Waals surface area contributed by atoms with E-state index < -0.39 is 22.0 Å². The van der Waals surface area contributed by atoms with Crippen molar-refractivity contribution in [1.29, 1.82) is 0 Å². The Morgan fingerprint density at radius 1 is 1.11 bits per heavy atom. The van der Waals surface area contributed by atoms with Gasteiger partial charge in [0.05, 0.1) is 29.9 Å². The summed E-state index contributed by atoms with van der Waals surface area (Å²) in [5.74, 6) is -0.0157. The van der Waals surface area contributed by atoms with Gasteiger partial charge in [-0.15, -0.1) is 0 Å². The Morgan fingerprint density at radius 2 is 1.84 bits per heavy atom. The first kappa shape index (κ1) is 31.2. The van der Waals surface area contributed by atoms with E-state index in [0.29, 0.717) is 67.7 Å². The molecule has 1 heterocycles. The average molecular weight is 550 g/mol. The standard InChI is InChI=1S/C27H39N3O7S/c1-6-16-37-24-15-14-19(17-21(24)25-28-22(8-3)20(7-2)26(32)29-25)38(34,35)30-23(27(33)36-5)13-11-9-10-12-18(4)31/h14-15,17,23,30H,6-13,16H2,1-5H3,(H,28,29,32). The van der Waals surface area contributed by atoms with Crippen LogP contribution in [0, 0.1) is 0 Å². The first-order valence-electron chi connectivity index (χ1n) is 13.1. The smallest absolute Gasteiger partial charge is 0.323 e. The third-order valence-corrected chi connectivity index (χ3v) is 7.54. The van der Waals surface area contributed by atoms with Gasteiger partial charge in [-0.2, -0.15) is 4.72 Å². The van der Waals surface area contributed by atoms with E-state index in [0.717, 1.165) is 6.42 Å². The van der Waals surface area contributed by atoms with Crippen LogP contribution >= 0.6 is 0 Å². The van der Waals surface area contributed by atoms with Crippen molar-refractivity contribution in [3.8, 4) is 17.1 Å². The molecule has 2 rings (SSSR count). The van der Waals surface area contributed by atoms with Crippen molar-refractivity contribution in [2.24, 2.45) is 0 Å². The zero-order valence-corrected chi connectivity index (χ0v) is 23.7. The number of aromatic amines is 1. The largest absolute Gasteiger partial charge is 0.493 e. The van der Waals surface area contributed by atoms with E-state index in [9.17, 15) is 22.8 Å². The zero-order valence-electron chi connectivity index (χ0n) is 22.9. The number of ketones is 1. The van der Waals surface area contributed by atoms with Crippen LogP contribution in [0.2, 0.25) is 0 Å². The minimum atomic E-state index is -4.16. The Balaban J connectivity index is 2.43. The van der Waals surface area contributed by atoms with Gasteiger partial charge in [-0.1, -0.05) is 33.6 Å². The molecule has 11 heteroatoms. The molecule has 10 nitrogen and oxygen atoms in total. The lowest BCUT2D eigenvalue weighted by atomic mass is 10.1. The Kier molecular flexibility index (Phi) is 12.1. The molecule has 0 aliphatic rings. The predicted molar refractivity (Wildman–Crippen MR) is 145 cm³/mol. The number of Topliss-reactive ketones (excluding diaryl/α,β-unsaturated/α-hetero) is 1. The number of ether oxygens (including phenoxy) is 2. The van der Waals surface area contributed by atoms with Gasteiger partial charge in [0, 0.05) is 12.0 Å².